The zero-order valence-corrected chi connectivity index (χ0v) is 14.8. The van der Waals surface area contributed by atoms with E-state index >= 15 is 0 Å². The lowest BCUT2D eigenvalue weighted by Crippen LogP contribution is -2.47. The van der Waals surface area contributed by atoms with Gasteiger partial charge in [0.15, 0.2) is 0 Å². The minimum Gasteiger partial charge on any atom is -0.302 e. The van der Waals surface area contributed by atoms with Crippen molar-refractivity contribution in [1.29, 1.82) is 0 Å². The van der Waals surface area contributed by atoms with E-state index in [-0.39, 0.29) is 6.04 Å². The van der Waals surface area contributed by atoms with Crippen molar-refractivity contribution in [3.05, 3.63) is 54.6 Å². The zero-order valence-electron chi connectivity index (χ0n) is 14.0. The number of hydrogen-bond donors (Lipinski definition) is 1. The third-order valence-electron chi connectivity index (χ3n) is 4.55. The molecule has 2 aromatic carbocycles. The van der Waals surface area contributed by atoms with Crippen LogP contribution >= 0.6 is 0 Å². The third-order valence-corrected chi connectivity index (χ3v) is 6.08. The lowest BCUT2D eigenvalue weighted by Gasteiger charge is -2.32. The van der Waals surface area contributed by atoms with Gasteiger partial charge in [-0.2, -0.15) is 0 Å². The molecular weight excluding hydrogens is 320 g/mol. The smallest absolute Gasteiger partial charge is 0.240 e. The molecule has 0 bridgehead atoms. The van der Waals surface area contributed by atoms with Crippen molar-refractivity contribution in [1.82, 2.24) is 9.62 Å². The van der Waals surface area contributed by atoms with Gasteiger partial charge in [-0.05, 0) is 49.2 Å². The van der Waals surface area contributed by atoms with Crippen LogP contribution in [0.25, 0.3) is 11.1 Å². The largest absolute Gasteiger partial charge is 0.302 e. The van der Waals surface area contributed by atoms with Crippen LogP contribution in [0.2, 0.25) is 0 Å². The number of likely N-dealkylation sites (tertiary alicyclic amines) is 1. The fourth-order valence-corrected chi connectivity index (χ4v) is 4.45. The van der Waals surface area contributed by atoms with Gasteiger partial charge in [0.2, 0.25) is 10.0 Å². The average Bonchev–Trinajstić information content (AvgIpc) is 2.62. The van der Waals surface area contributed by atoms with Crippen LogP contribution in [0.1, 0.15) is 19.8 Å². The summed E-state index contributed by atoms with van der Waals surface area (Å²) in [6.07, 6.45) is 1.94. The van der Waals surface area contributed by atoms with Gasteiger partial charge in [-0.15, -0.1) is 0 Å². The van der Waals surface area contributed by atoms with Crippen LogP contribution in [0.5, 0.6) is 0 Å². The molecule has 1 N–H and O–H groups in total. The summed E-state index contributed by atoms with van der Waals surface area (Å²) in [6, 6.07) is 17.1. The number of nitrogens with one attached hydrogen (secondary N) is 1. The molecule has 5 heteroatoms. The fourth-order valence-electron chi connectivity index (χ4n) is 3.18. The van der Waals surface area contributed by atoms with Crippen molar-refractivity contribution in [2.24, 2.45) is 0 Å². The zero-order chi connectivity index (χ0) is 17.0. The molecule has 1 unspecified atom stereocenters. The van der Waals surface area contributed by atoms with E-state index in [4.69, 9.17) is 0 Å². The Morgan fingerprint density at radius 3 is 2.38 bits per heavy atom. The summed E-state index contributed by atoms with van der Waals surface area (Å²) in [5.41, 5.74) is 2.10. The molecule has 0 saturated carbocycles. The first-order chi connectivity index (χ1) is 11.6. The van der Waals surface area contributed by atoms with Gasteiger partial charge in [0.05, 0.1) is 4.90 Å². The van der Waals surface area contributed by atoms with Crippen LogP contribution in [0.4, 0.5) is 0 Å². The van der Waals surface area contributed by atoms with Gasteiger partial charge in [0.1, 0.15) is 0 Å². The molecule has 1 aliphatic heterocycles. The maximum atomic E-state index is 12.6. The topological polar surface area (TPSA) is 49.4 Å². The van der Waals surface area contributed by atoms with Crippen molar-refractivity contribution in [3.8, 4) is 11.1 Å². The van der Waals surface area contributed by atoms with Crippen LogP contribution in [-0.4, -0.2) is 39.0 Å². The molecule has 1 fully saturated rings. The third kappa shape index (κ3) is 4.04. The highest BCUT2D eigenvalue weighted by Crippen LogP contribution is 2.21. The molecule has 128 valence electrons. The summed E-state index contributed by atoms with van der Waals surface area (Å²) in [5.74, 6) is 0. The van der Waals surface area contributed by atoms with Crippen LogP contribution in [-0.2, 0) is 10.0 Å². The van der Waals surface area contributed by atoms with Gasteiger partial charge >= 0.3 is 0 Å². The summed E-state index contributed by atoms with van der Waals surface area (Å²) in [7, 11) is -3.47. The summed E-state index contributed by atoms with van der Waals surface area (Å²) >= 11 is 0. The number of likely N-dealkylation sites (N-methyl/N-ethyl adjacent to an activating group) is 1. The molecule has 0 amide bonds. The average molecular weight is 344 g/mol. The van der Waals surface area contributed by atoms with E-state index in [0.29, 0.717) is 4.90 Å². The number of hydrogen-bond acceptors (Lipinski definition) is 3. The molecule has 24 heavy (non-hydrogen) atoms. The Labute approximate surface area is 144 Å². The van der Waals surface area contributed by atoms with E-state index < -0.39 is 10.0 Å². The van der Waals surface area contributed by atoms with E-state index in [0.717, 1.165) is 43.6 Å². The van der Waals surface area contributed by atoms with E-state index in [1.54, 1.807) is 12.1 Å². The highest BCUT2D eigenvalue weighted by molar-refractivity contribution is 7.89. The maximum absolute atomic E-state index is 12.6. The Bertz CT molecular complexity index is 758. The summed E-state index contributed by atoms with van der Waals surface area (Å²) in [5, 5.41) is 0. The van der Waals surface area contributed by atoms with Gasteiger partial charge in [0, 0.05) is 12.6 Å². The van der Waals surface area contributed by atoms with E-state index in [1.165, 1.54) is 0 Å². The predicted octanol–water partition coefficient (Wildman–Crippen LogP) is 3.12. The van der Waals surface area contributed by atoms with Gasteiger partial charge in [0.25, 0.3) is 0 Å². The molecule has 1 heterocycles. The molecule has 3 rings (SSSR count). The first kappa shape index (κ1) is 17.1. The summed E-state index contributed by atoms with van der Waals surface area (Å²) < 4.78 is 28.1. The molecular formula is C19H24N2O2S. The minimum absolute atomic E-state index is 0.00231. The second-order valence-electron chi connectivity index (χ2n) is 6.24. The number of nitrogens with zero attached hydrogens (tertiary/aromatic N) is 1. The highest BCUT2D eigenvalue weighted by Gasteiger charge is 2.24. The normalized spacial score (nSPS) is 19.3. The van der Waals surface area contributed by atoms with Crippen molar-refractivity contribution in [2.75, 3.05) is 19.6 Å². The van der Waals surface area contributed by atoms with Gasteiger partial charge in [-0.25, -0.2) is 13.1 Å². The van der Waals surface area contributed by atoms with Crippen LogP contribution < -0.4 is 4.72 Å². The SMILES string of the molecule is CCN1CCCC(NS(=O)(=O)c2ccc(-c3ccccc3)cc2)C1. The minimum atomic E-state index is -3.47. The van der Waals surface area contributed by atoms with Gasteiger partial charge in [-0.3, -0.25) is 0 Å². The lowest BCUT2D eigenvalue weighted by atomic mass is 10.1. The molecule has 2 aromatic rings. The van der Waals surface area contributed by atoms with Crippen molar-refractivity contribution in [2.45, 2.75) is 30.7 Å². The van der Waals surface area contributed by atoms with Crippen LogP contribution in [0.3, 0.4) is 0 Å². The first-order valence-corrected chi connectivity index (χ1v) is 9.97. The quantitative estimate of drug-likeness (QED) is 0.907. The maximum Gasteiger partial charge on any atom is 0.240 e. The second kappa shape index (κ2) is 7.47. The molecule has 1 aliphatic rings. The van der Waals surface area contributed by atoms with E-state index in [9.17, 15) is 8.42 Å². The fraction of sp³-hybridized carbons (Fsp3) is 0.368. The molecule has 0 spiro atoms. The Hall–Kier alpha value is -1.69. The van der Waals surface area contributed by atoms with Crippen LogP contribution in [0.15, 0.2) is 59.5 Å². The molecule has 4 nitrogen and oxygen atoms in total. The Morgan fingerprint density at radius 2 is 1.71 bits per heavy atom. The predicted molar refractivity (Wildman–Crippen MR) is 97.3 cm³/mol. The Balaban J connectivity index is 1.73. The number of benzene rings is 2. The van der Waals surface area contributed by atoms with Crippen molar-refractivity contribution < 1.29 is 8.42 Å². The van der Waals surface area contributed by atoms with E-state index in [2.05, 4.69) is 16.5 Å². The monoisotopic (exact) mass is 344 g/mol. The second-order valence-corrected chi connectivity index (χ2v) is 7.96. The standard InChI is InChI=1S/C19H24N2O2S/c1-2-21-14-6-9-18(15-21)20-24(22,23)19-12-10-17(11-13-19)16-7-4-3-5-8-16/h3-5,7-8,10-13,18,20H,2,6,9,14-15H2,1H3. The van der Waals surface area contributed by atoms with E-state index in [1.807, 2.05) is 42.5 Å². The lowest BCUT2D eigenvalue weighted by molar-refractivity contribution is 0.211. The molecule has 0 radical (unpaired) electrons. The molecule has 1 atom stereocenters. The Morgan fingerprint density at radius 1 is 1.04 bits per heavy atom. The van der Waals surface area contributed by atoms with Crippen molar-refractivity contribution >= 4 is 10.0 Å². The van der Waals surface area contributed by atoms with Gasteiger partial charge in [-0.1, -0.05) is 49.4 Å². The summed E-state index contributed by atoms with van der Waals surface area (Å²) in [6.45, 7) is 4.92. The number of rotatable bonds is 5. The molecule has 0 aromatic heterocycles. The molecule has 0 aliphatic carbocycles. The number of sulfonamides is 1. The highest BCUT2D eigenvalue weighted by atomic mass is 32.2. The van der Waals surface area contributed by atoms with Gasteiger partial charge < -0.3 is 4.90 Å². The number of piperidine rings is 1. The first-order valence-electron chi connectivity index (χ1n) is 8.48. The van der Waals surface area contributed by atoms with Crippen LogP contribution in [0, 0.1) is 0 Å². The van der Waals surface area contributed by atoms with Crippen molar-refractivity contribution in [3.63, 3.8) is 0 Å². The summed E-state index contributed by atoms with van der Waals surface area (Å²) in [4.78, 5) is 2.62. The Kier molecular flexibility index (Phi) is 5.33. The molecule has 1 saturated heterocycles.